The molecule has 0 aliphatic carbocycles. The zero-order chi connectivity index (χ0) is 13.8. The zero-order valence-corrected chi connectivity index (χ0v) is 12.4. The van der Waals surface area contributed by atoms with E-state index in [4.69, 9.17) is 19.9 Å². The van der Waals surface area contributed by atoms with Gasteiger partial charge < -0.3 is 19.9 Å². The molecule has 0 spiro atoms. The van der Waals surface area contributed by atoms with Crippen LogP contribution in [0.2, 0.25) is 0 Å². The van der Waals surface area contributed by atoms with Crippen molar-refractivity contribution in [3.8, 4) is 0 Å². The number of ether oxygens (including phenoxy) is 3. The van der Waals surface area contributed by atoms with Crippen molar-refractivity contribution in [2.75, 3.05) is 60.8 Å². The van der Waals surface area contributed by atoms with E-state index in [2.05, 4.69) is 11.8 Å². The summed E-state index contributed by atoms with van der Waals surface area (Å²) in [4.78, 5) is 2.38. The molecule has 2 unspecified atom stereocenters. The SMILES string of the molecule is COCCCN(CCOC)C(CN)C(C)COC. The van der Waals surface area contributed by atoms with Gasteiger partial charge in [-0.25, -0.2) is 0 Å². The van der Waals surface area contributed by atoms with Crippen molar-refractivity contribution >= 4 is 0 Å². The average Bonchev–Trinajstić information content (AvgIpc) is 2.36. The van der Waals surface area contributed by atoms with E-state index in [1.807, 2.05) is 0 Å². The molecule has 0 aliphatic heterocycles. The Bertz CT molecular complexity index is 182. The second-order valence-electron chi connectivity index (χ2n) is 4.61. The van der Waals surface area contributed by atoms with E-state index in [0.717, 1.165) is 39.3 Å². The first-order valence-electron chi connectivity index (χ1n) is 6.62. The van der Waals surface area contributed by atoms with Crippen molar-refractivity contribution < 1.29 is 14.2 Å². The molecule has 0 fully saturated rings. The second kappa shape index (κ2) is 11.9. The van der Waals surface area contributed by atoms with Gasteiger partial charge >= 0.3 is 0 Å². The van der Waals surface area contributed by atoms with Crippen molar-refractivity contribution in [3.63, 3.8) is 0 Å². The minimum Gasteiger partial charge on any atom is -0.385 e. The minimum absolute atomic E-state index is 0.331. The van der Waals surface area contributed by atoms with Crippen molar-refractivity contribution in [3.05, 3.63) is 0 Å². The molecule has 5 heteroatoms. The fourth-order valence-electron chi connectivity index (χ4n) is 2.18. The highest BCUT2D eigenvalue weighted by atomic mass is 16.5. The highest BCUT2D eigenvalue weighted by Crippen LogP contribution is 2.11. The number of hydrogen-bond acceptors (Lipinski definition) is 5. The van der Waals surface area contributed by atoms with Gasteiger partial charge in [-0.2, -0.15) is 0 Å². The van der Waals surface area contributed by atoms with Crippen LogP contribution in [-0.2, 0) is 14.2 Å². The van der Waals surface area contributed by atoms with Crippen LogP contribution in [0.5, 0.6) is 0 Å². The topological polar surface area (TPSA) is 57.0 Å². The molecule has 0 bridgehead atoms. The Morgan fingerprint density at radius 2 is 1.67 bits per heavy atom. The van der Waals surface area contributed by atoms with Gasteiger partial charge in [0.15, 0.2) is 0 Å². The molecule has 0 aromatic heterocycles. The summed E-state index contributed by atoms with van der Waals surface area (Å²) < 4.78 is 15.5. The molecule has 0 aromatic rings. The average molecular weight is 262 g/mol. The Hall–Kier alpha value is -0.200. The molecule has 2 N–H and O–H groups in total. The molecular weight excluding hydrogens is 232 g/mol. The third kappa shape index (κ3) is 7.28. The summed E-state index contributed by atoms with van der Waals surface area (Å²) >= 11 is 0. The molecule has 0 rings (SSSR count). The summed E-state index contributed by atoms with van der Waals surface area (Å²) in [6, 6.07) is 0.331. The van der Waals surface area contributed by atoms with Crippen LogP contribution in [0.3, 0.4) is 0 Å². The largest absolute Gasteiger partial charge is 0.385 e. The molecule has 18 heavy (non-hydrogen) atoms. The standard InChI is InChI=1S/C13H30N2O3/c1-12(11-18-4)13(10-14)15(7-9-17-3)6-5-8-16-2/h12-13H,5-11,14H2,1-4H3. The van der Waals surface area contributed by atoms with E-state index in [-0.39, 0.29) is 0 Å². The summed E-state index contributed by atoms with van der Waals surface area (Å²) in [6.07, 6.45) is 1.01. The van der Waals surface area contributed by atoms with Crippen LogP contribution in [0.4, 0.5) is 0 Å². The maximum atomic E-state index is 5.91. The van der Waals surface area contributed by atoms with Crippen LogP contribution in [0.25, 0.3) is 0 Å². The third-order valence-electron chi connectivity index (χ3n) is 3.17. The van der Waals surface area contributed by atoms with E-state index in [1.165, 1.54) is 0 Å². The fraction of sp³-hybridized carbons (Fsp3) is 1.00. The van der Waals surface area contributed by atoms with Gasteiger partial charge in [0.2, 0.25) is 0 Å². The lowest BCUT2D eigenvalue weighted by Gasteiger charge is -2.34. The van der Waals surface area contributed by atoms with Gasteiger partial charge in [0.05, 0.1) is 13.2 Å². The van der Waals surface area contributed by atoms with Crippen molar-refractivity contribution in [2.45, 2.75) is 19.4 Å². The van der Waals surface area contributed by atoms with Crippen molar-refractivity contribution in [1.82, 2.24) is 4.90 Å². The molecule has 2 atom stereocenters. The minimum atomic E-state index is 0.331. The second-order valence-corrected chi connectivity index (χ2v) is 4.61. The summed E-state index contributed by atoms with van der Waals surface area (Å²) in [5.41, 5.74) is 5.91. The van der Waals surface area contributed by atoms with Crippen LogP contribution in [0.15, 0.2) is 0 Å². The van der Waals surface area contributed by atoms with E-state index in [1.54, 1.807) is 21.3 Å². The number of hydrogen-bond donors (Lipinski definition) is 1. The first-order valence-corrected chi connectivity index (χ1v) is 6.62. The molecule has 0 heterocycles. The van der Waals surface area contributed by atoms with Crippen LogP contribution >= 0.6 is 0 Å². The predicted molar refractivity (Wildman–Crippen MR) is 73.8 cm³/mol. The Kier molecular flexibility index (Phi) is 11.7. The number of methoxy groups -OCH3 is 3. The molecular formula is C13H30N2O3. The first kappa shape index (κ1) is 17.8. The maximum absolute atomic E-state index is 5.91. The molecule has 0 aromatic carbocycles. The van der Waals surface area contributed by atoms with Crippen LogP contribution in [0, 0.1) is 5.92 Å². The number of nitrogens with zero attached hydrogens (tertiary/aromatic N) is 1. The Labute approximate surface area is 112 Å². The Morgan fingerprint density at radius 1 is 1.00 bits per heavy atom. The highest BCUT2D eigenvalue weighted by molar-refractivity contribution is 4.78. The summed E-state index contributed by atoms with van der Waals surface area (Å²) in [5.74, 6) is 0.416. The van der Waals surface area contributed by atoms with Crippen LogP contribution in [0.1, 0.15) is 13.3 Å². The van der Waals surface area contributed by atoms with E-state index in [9.17, 15) is 0 Å². The van der Waals surface area contributed by atoms with Crippen LogP contribution in [-0.4, -0.2) is 71.7 Å². The molecule has 5 nitrogen and oxygen atoms in total. The quantitative estimate of drug-likeness (QED) is 0.521. The van der Waals surface area contributed by atoms with E-state index < -0.39 is 0 Å². The Morgan fingerprint density at radius 3 is 2.17 bits per heavy atom. The van der Waals surface area contributed by atoms with Gasteiger partial charge in [-0.15, -0.1) is 0 Å². The number of rotatable bonds is 12. The molecule has 110 valence electrons. The smallest absolute Gasteiger partial charge is 0.0589 e. The lowest BCUT2D eigenvalue weighted by Crippen LogP contribution is -2.48. The van der Waals surface area contributed by atoms with Gasteiger partial charge in [-0.05, 0) is 12.3 Å². The fourth-order valence-corrected chi connectivity index (χ4v) is 2.18. The Balaban J connectivity index is 4.35. The lowest BCUT2D eigenvalue weighted by atomic mass is 10.0. The van der Waals surface area contributed by atoms with Gasteiger partial charge in [0.25, 0.3) is 0 Å². The van der Waals surface area contributed by atoms with Gasteiger partial charge in [0.1, 0.15) is 0 Å². The van der Waals surface area contributed by atoms with Gasteiger partial charge in [-0.3, -0.25) is 4.90 Å². The number of nitrogens with two attached hydrogens (primary N) is 1. The molecule has 0 radical (unpaired) electrons. The van der Waals surface area contributed by atoms with Crippen molar-refractivity contribution in [1.29, 1.82) is 0 Å². The van der Waals surface area contributed by atoms with E-state index >= 15 is 0 Å². The molecule has 0 saturated heterocycles. The van der Waals surface area contributed by atoms with Crippen LogP contribution < -0.4 is 5.73 Å². The molecule has 0 saturated carbocycles. The van der Waals surface area contributed by atoms with E-state index in [0.29, 0.717) is 18.5 Å². The predicted octanol–water partition coefficient (Wildman–Crippen LogP) is 0.581. The monoisotopic (exact) mass is 262 g/mol. The summed E-state index contributed by atoms with van der Waals surface area (Å²) in [6.45, 7) is 6.93. The third-order valence-corrected chi connectivity index (χ3v) is 3.17. The summed E-state index contributed by atoms with van der Waals surface area (Å²) in [7, 11) is 5.19. The molecule has 0 amide bonds. The van der Waals surface area contributed by atoms with Gasteiger partial charge in [-0.1, -0.05) is 6.92 Å². The molecule has 0 aliphatic rings. The zero-order valence-electron chi connectivity index (χ0n) is 12.4. The summed E-state index contributed by atoms with van der Waals surface area (Å²) in [5, 5.41) is 0. The first-order chi connectivity index (χ1) is 8.71. The van der Waals surface area contributed by atoms with Gasteiger partial charge in [0, 0.05) is 53.6 Å². The normalized spacial score (nSPS) is 15.0. The highest BCUT2D eigenvalue weighted by Gasteiger charge is 2.22. The van der Waals surface area contributed by atoms with Crippen molar-refractivity contribution in [2.24, 2.45) is 11.7 Å². The lowest BCUT2D eigenvalue weighted by molar-refractivity contribution is 0.0591. The maximum Gasteiger partial charge on any atom is 0.0589 e.